The van der Waals surface area contributed by atoms with Gasteiger partial charge in [-0.1, -0.05) is 0 Å². The van der Waals surface area contributed by atoms with Gasteiger partial charge in [0.1, 0.15) is 6.07 Å². The van der Waals surface area contributed by atoms with Crippen molar-refractivity contribution in [2.75, 3.05) is 44.2 Å². The molecule has 0 radical (unpaired) electrons. The van der Waals surface area contributed by atoms with E-state index in [9.17, 15) is 0 Å². The minimum Gasteiger partial charge on any atom is -0.369 e. The highest BCUT2D eigenvalue weighted by atomic mass is 79.9. The molecule has 0 spiro atoms. The number of nitrogens with one attached hydrogen (secondary N) is 1. The molecule has 0 atom stereocenters. The minimum atomic E-state index is 0.697. The Morgan fingerprint density at radius 2 is 1.95 bits per heavy atom. The molecular weight excluding hydrogens is 304 g/mol. The van der Waals surface area contributed by atoms with Gasteiger partial charge in [0, 0.05) is 55.5 Å². The third-order valence-corrected chi connectivity index (χ3v) is 4.68. The molecule has 0 unspecified atom stereocenters. The Morgan fingerprint density at radius 3 is 2.47 bits per heavy atom. The first-order chi connectivity index (χ1) is 9.28. The van der Waals surface area contributed by atoms with E-state index < -0.39 is 0 Å². The Balaban J connectivity index is 1.64. The van der Waals surface area contributed by atoms with E-state index in [0.29, 0.717) is 5.56 Å². The number of piperazine rings is 1. The summed E-state index contributed by atoms with van der Waals surface area (Å²) in [6, 6.07) is 8.92. The quantitative estimate of drug-likeness (QED) is 0.894. The monoisotopic (exact) mass is 320 g/mol. The topological polar surface area (TPSA) is 42.3 Å². The molecule has 5 heteroatoms. The highest BCUT2D eigenvalue weighted by Gasteiger charge is 2.27. The lowest BCUT2D eigenvalue weighted by atomic mass is 10.1. The number of nitriles is 1. The Hall–Kier alpha value is -1.09. The lowest BCUT2D eigenvalue weighted by molar-refractivity contribution is 0.138. The van der Waals surface area contributed by atoms with Crippen LogP contribution < -0.4 is 10.2 Å². The first-order valence-corrected chi connectivity index (χ1v) is 7.46. The van der Waals surface area contributed by atoms with Gasteiger partial charge in [-0.05, 0) is 34.1 Å². The molecule has 2 saturated heterocycles. The Kier molecular flexibility index (Phi) is 3.74. The van der Waals surface area contributed by atoms with Gasteiger partial charge >= 0.3 is 0 Å². The van der Waals surface area contributed by atoms with Crippen LogP contribution in [0, 0.1) is 11.3 Å². The molecule has 19 heavy (non-hydrogen) atoms. The van der Waals surface area contributed by atoms with Crippen LogP contribution in [0.25, 0.3) is 0 Å². The fourth-order valence-corrected chi connectivity index (χ4v) is 3.12. The number of halogens is 1. The predicted molar refractivity (Wildman–Crippen MR) is 79.3 cm³/mol. The molecule has 0 aromatic heterocycles. The van der Waals surface area contributed by atoms with Crippen molar-refractivity contribution in [2.24, 2.45) is 0 Å². The summed E-state index contributed by atoms with van der Waals surface area (Å²) in [5, 5.41) is 12.3. The molecule has 0 bridgehead atoms. The van der Waals surface area contributed by atoms with E-state index in [0.717, 1.165) is 49.8 Å². The van der Waals surface area contributed by atoms with Crippen LogP contribution in [0.5, 0.6) is 0 Å². The molecular formula is C14H17BrN4. The number of benzene rings is 1. The normalized spacial score (nSPS) is 20.9. The lowest BCUT2D eigenvalue weighted by Gasteiger charge is -2.43. The fraction of sp³-hybridized carbons (Fsp3) is 0.500. The van der Waals surface area contributed by atoms with Gasteiger partial charge in [0.05, 0.1) is 5.56 Å². The van der Waals surface area contributed by atoms with E-state index in [4.69, 9.17) is 5.26 Å². The number of hydrogen-bond acceptors (Lipinski definition) is 4. The first kappa shape index (κ1) is 12.9. The summed E-state index contributed by atoms with van der Waals surface area (Å²) < 4.78 is 0.887. The van der Waals surface area contributed by atoms with Crippen LogP contribution in [0.3, 0.4) is 0 Å². The summed E-state index contributed by atoms with van der Waals surface area (Å²) in [5.41, 5.74) is 1.90. The number of nitrogens with zero attached hydrogens (tertiary/aromatic N) is 3. The summed E-state index contributed by atoms with van der Waals surface area (Å²) in [7, 11) is 0. The zero-order chi connectivity index (χ0) is 13.2. The number of rotatable bonds is 2. The molecule has 2 heterocycles. The van der Waals surface area contributed by atoms with Gasteiger partial charge in [0.15, 0.2) is 0 Å². The zero-order valence-electron chi connectivity index (χ0n) is 10.8. The summed E-state index contributed by atoms with van der Waals surface area (Å²) in [6.07, 6.45) is 0. The first-order valence-electron chi connectivity index (χ1n) is 6.67. The maximum absolute atomic E-state index is 8.94. The largest absolute Gasteiger partial charge is 0.369 e. The Labute approximate surface area is 122 Å². The standard InChI is InChI=1S/C14H17BrN4/c15-14-7-12(2-1-11(14)8-16)18-3-5-19(6-4-18)13-9-17-10-13/h1-2,7,13,17H,3-6,9-10H2. The smallest absolute Gasteiger partial charge is 0.100 e. The van der Waals surface area contributed by atoms with Crippen molar-refractivity contribution in [3.63, 3.8) is 0 Å². The van der Waals surface area contributed by atoms with Crippen molar-refractivity contribution in [3.8, 4) is 6.07 Å². The SMILES string of the molecule is N#Cc1ccc(N2CCN(C3CNC3)CC2)cc1Br. The highest BCUT2D eigenvalue weighted by molar-refractivity contribution is 9.10. The third kappa shape index (κ3) is 2.62. The van der Waals surface area contributed by atoms with E-state index >= 15 is 0 Å². The molecule has 0 aliphatic carbocycles. The maximum Gasteiger partial charge on any atom is 0.100 e. The van der Waals surface area contributed by atoms with Crippen molar-refractivity contribution in [1.82, 2.24) is 10.2 Å². The third-order valence-electron chi connectivity index (χ3n) is 4.03. The van der Waals surface area contributed by atoms with E-state index in [1.54, 1.807) is 0 Å². The van der Waals surface area contributed by atoms with Crippen molar-refractivity contribution in [3.05, 3.63) is 28.2 Å². The molecule has 1 aromatic carbocycles. The van der Waals surface area contributed by atoms with Crippen LogP contribution in [0.15, 0.2) is 22.7 Å². The summed E-state index contributed by atoms with van der Waals surface area (Å²) in [5.74, 6) is 0. The molecule has 2 aliphatic rings. The van der Waals surface area contributed by atoms with Crippen LogP contribution in [0.1, 0.15) is 5.56 Å². The molecule has 1 N–H and O–H groups in total. The van der Waals surface area contributed by atoms with Crippen LogP contribution in [0.4, 0.5) is 5.69 Å². The summed E-state index contributed by atoms with van der Waals surface area (Å²) in [4.78, 5) is 4.97. The van der Waals surface area contributed by atoms with Crippen LogP contribution in [-0.4, -0.2) is 50.2 Å². The van der Waals surface area contributed by atoms with Crippen LogP contribution >= 0.6 is 15.9 Å². The summed E-state index contributed by atoms with van der Waals surface area (Å²) in [6.45, 7) is 6.67. The van der Waals surface area contributed by atoms with Gasteiger partial charge in [-0.2, -0.15) is 5.26 Å². The van der Waals surface area contributed by atoms with Gasteiger partial charge in [-0.25, -0.2) is 0 Å². The zero-order valence-corrected chi connectivity index (χ0v) is 12.4. The Bertz CT molecular complexity index is 499. The second-order valence-electron chi connectivity index (χ2n) is 5.11. The molecule has 0 saturated carbocycles. The van der Waals surface area contributed by atoms with Gasteiger partial charge in [-0.15, -0.1) is 0 Å². The Morgan fingerprint density at radius 1 is 1.21 bits per heavy atom. The van der Waals surface area contributed by atoms with Crippen LogP contribution in [0.2, 0.25) is 0 Å². The minimum absolute atomic E-state index is 0.697. The molecule has 3 rings (SSSR count). The molecule has 0 amide bonds. The van der Waals surface area contributed by atoms with Gasteiger partial charge in [-0.3, -0.25) is 4.90 Å². The maximum atomic E-state index is 8.94. The van der Waals surface area contributed by atoms with Crippen molar-refractivity contribution >= 4 is 21.6 Å². The van der Waals surface area contributed by atoms with Crippen molar-refractivity contribution in [2.45, 2.75) is 6.04 Å². The second kappa shape index (κ2) is 5.49. The fourth-order valence-electron chi connectivity index (χ4n) is 2.67. The molecule has 1 aromatic rings. The van der Waals surface area contributed by atoms with Crippen molar-refractivity contribution < 1.29 is 0 Å². The second-order valence-corrected chi connectivity index (χ2v) is 5.97. The molecule has 2 aliphatic heterocycles. The van der Waals surface area contributed by atoms with Crippen molar-refractivity contribution in [1.29, 1.82) is 5.26 Å². The molecule has 100 valence electrons. The number of hydrogen-bond donors (Lipinski definition) is 1. The molecule has 2 fully saturated rings. The predicted octanol–water partition coefficient (Wildman–Crippen LogP) is 1.41. The number of anilines is 1. The average molecular weight is 321 g/mol. The highest BCUT2D eigenvalue weighted by Crippen LogP contribution is 2.25. The average Bonchev–Trinajstić information content (AvgIpc) is 2.37. The van der Waals surface area contributed by atoms with Gasteiger partial charge < -0.3 is 10.2 Å². The van der Waals surface area contributed by atoms with E-state index in [2.05, 4.69) is 43.2 Å². The van der Waals surface area contributed by atoms with E-state index in [1.165, 1.54) is 5.69 Å². The van der Waals surface area contributed by atoms with E-state index in [-0.39, 0.29) is 0 Å². The van der Waals surface area contributed by atoms with Gasteiger partial charge in [0.25, 0.3) is 0 Å². The molecule has 4 nitrogen and oxygen atoms in total. The van der Waals surface area contributed by atoms with E-state index in [1.807, 2.05) is 12.1 Å². The lowest BCUT2D eigenvalue weighted by Crippen LogP contribution is -2.61. The van der Waals surface area contributed by atoms with Gasteiger partial charge in [0.2, 0.25) is 0 Å². The van der Waals surface area contributed by atoms with Crippen LogP contribution in [-0.2, 0) is 0 Å². The summed E-state index contributed by atoms with van der Waals surface area (Å²) >= 11 is 3.46.